The van der Waals surface area contributed by atoms with Crippen molar-refractivity contribution in [1.82, 2.24) is 0 Å². The molecule has 0 amide bonds. The maximum absolute atomic E-state index is 6.17. The second-order valence-electron chi connectivity index (χ2n) is 8.39. The minimum Gasteiger partial charge on any atom is -0.467 e. The minimum absolute atomic E-state index is 0.244. The van der Waals surface area contributed by atoms with Crippen molar-refractivity contribution >= 4 is 47.7 Å². The number of hydrogen-bond acceptors (Lipinski definition) is 2. The first-order valence-electron chi connectivity index (χ1n) is 12.5. The van der Waals surface area contributed by atoms with Gasteiger partial charge in [-0.15, -0.1) is 0 Å². The van der Waals surface area contributed by atoms with Gasteiger partial charge in [0.05, 0.1) is 0 Å². The third-order valence-electron chi connectivity index (χ3n) is 6.01. The summed E-state index contributed by atoms with van der Waals surface area (Å²) in [7, 11) is -1.64. The van der Waals surface area contributed by atoms with Gasteiger partial charge in [-0.2, -0.15) is 0 Å². The van der Waals surface area contributed by atoms with E-state index in [0.29, 0.717) is 6.61 Å². The smallest absolute Gasteiger partial charge is 0.189 e. The Labute approximate surface area is 222 Å². The molecule has 0 aromatic heterocycles. The van der Waals surface area contributed by atoms with Gasteiger partial charge in [-0.3, -0.25) is 0 Å². The Morgan fingerprint density at radius 3 is 1.38 bits per heavy atom. The predicted molar refractivity (Wildman–Crippen MR) is 161 cm³/mol. The number of para-hydroxylation sites is 1. The Hall–Kier alpha value is -3.28. The zero-order valence-electron chi connectivity index (χ0n) is 20.9. The highest BCUT2D eigenvalue weighted by molar-refractivity contribution is 7.85. The fourth-order valence-corrected chi connectivity index (χ4v) is 9.71. The Morgan fingerprint density at radius 1 is 0.459 bits per heavy atom. The van der Waals surface area contributed by atoms with Crippen LogP contribution in [0.5, 0.6) is 5.75 Å². The van der Waals surface area contributed by atoms with Crippen molar-refractivity contribution in [2.45, 2.75) is 6.92 Å². The normalized spacial score (nSPS) is 11.8. The Morgan fingerprint density at radius 2 is 0.865 bits per heavy atom. The van der Waals surface area contributed by atoms with E-state index in [0.717, 1.165) is 5.75 Å². The minimum atomic E-state index is -0.886. The molecule has 5 rings (SSSR count). The van der Waals surface area contributed by atoms with E-state index in [9.17, 15) is 0 Å². The molecule has 0 spiro atoms. The van der Waals surface area contributed by atoms with Gasteiger partial charge in [-0.25, -0.2) is 0 Å². The molecule has 5 aromatic rings. The lowest BCUT2D eigenvalue weighted by molar-refractivity contribution is 0.0230. The van der Waals surface area contributed by atoms with Crippen molar-refractivity contribution in [2.24, 2.45) is 0 Å². The summed E-state index contributed by atoms with van der Waals surface area (Å²) >= 11 is 0. The van der Waals surface area contributed by atoms with Crippen LogP contribution in [0.1, 0.15) is 6.92 Å². The van der Waals surface area contributed by atoms with Crippen LogP contribution in [0.15, 0.2) is 140 Å². The molecule has 37 heavy (non-hydrogen) atoms. The van der Waals surface area contributed by atoms with Crippen LogP contribution in [0.3, 0.4) is 0 Å². The highest BCUT2D eigenvalue weighted by Crippen LogP contribution is 2.40. The average Bonchev–Trinajstić information content (AvgIpc) is 2.97. The number of ether oxygens (including phenoxy) is 2. The fraction of sp³-hybridized carbons (Fsp3) is 0.0909. The van der Waals surface area contributed by atoms with Crippen LogP contribution >= 0.6 is 15.8 Å². The molecule has 0 aliphatic heterocycles. The summed E-state index contributed by atoms with van der Waals surface area (Å²) in [5.74, 6) is 0.879. The van der Waals surface area contributed by atoms with Crippen LogP contribution in [-0.4, -0.2) is 13.4 Å². The number of benzene rings is 5. The first-order chi connectivity index (χ1) is 18.4. The van der Waals surface area contributed by atoms with Crippen molar-refractivity contribution in [3.05, 3.63) is 140 Å². The maximum Gasteiger partial charge on any atom is 0.189 e. The van der Waals surface area contributed by atoms with E-state index in [1.165, 1.54) is 31.8 Å². The molecule has 0 bridgehead atoms. The van der Waals surface area contributed by atoms with Gasteiger partial charge in [0.1, 0.15) is 5.75 Å². The van der Waals surface area contributed by atoms with Crippen molar-refractivity contribution in [1.29, 1.82) is 0 Å². The highest BCUT2D eigenvalue weighted by atomic mass is 31.1. The van der Waals surface area contributed by atoms with Gasteiger partial charge in [0, 0.05) is 11.9 Å². The van der Waals surface area contributed by atoms with Crippen LogP contribution in [0.2, 0.25) is 0 Å². The molecule has 0 saturated carbocycles. The first-order valence-corrected chi connectivity index (χ1v) is 15.2. The van der Waals surface area contributed by atoms with Crippen LogP contribution < -0.4 is 36.6 Å². The molecule has 184 valence electrons. The molecule has 2 nitrogen and oxygen atoms in total. The van der Waals surface area contributed by atoms with Crippen LogP contribution in [0.25, 0.3) is 0 Å². The van der Waals surface area contributed by atoms with E-state index in [1.54, 1.807) is 0 Å². The quantitative estimate of drug-likeness (QED) is 0.136. The number of rotatable bonds is 10. The topological polar surface area (TPSA) is 18.5 Å². The van der Waals surface area contributed by atoms with Crippen molar-refractivity contribution < 1.29 is 9.47 Å². The molecule has 1 unspecified atom stereocenters. The molecule has 0 saturated heterocycles. The monoisotopic (exact) mass is 520 g/mol. The third-order valence-corrected chi connectivity index (χ3v) is 11.2. The standard InChI is InChI=1S/C33H30O2P2/c1-2-34-26-35-30-22-12-13-23-31(30)37(29-20-10-5-11-21-29)33-25-15-14-24-32(33)36(27-16-6-3-7-17-27)28-18-8-4-9-19-28/h3-25H,2,26H2,1H3. The maximum atomic E-state index is 6.17. The number of hydrogen-bond donors (Lipinski definition) is 0. The molecule has 1 atom stereocenters. The molecular weight excluding hydrogens is 490 g/mol. The van der Waals surface area contributed by atoms with Crippen molar-refractivity contribution in [3.63, 3.8) is 0 Å². The molecule has 0 fully saturated rings. The summed E-state index contributed by atoms with van der Waals surface area (Å²) in [6.45, 7) is 2.85. The predicted octanol–water partition coefficient (Wildman–Crippen LogP) is 5.58. The van der Waals surface area contributed by atoms with E-state index in [2.05, 4.69) is 133 Å². The van der Waals surface area contributed by atoms with E-state index < -0.39 is 15.8 Å². The average molecular weight is 521 g/mol. The fourth-order valence-electron chi connectivity index (χ4n) is 4.36. The van der Waals surface area contributed by atoms with Gasteiger partial charge in [0.15, 0.2) is 6.79 Å². The second-order valence-corrected chi connectivity index (χ2v) is 12.7. The van der Waals surface area contributed by atoms with Crippen LogP contribution in [0, 0.1) is 0 Å². The van der Waals surface area contributed by atoms with E-state index in [1.807, 2.05) is 13.0 Å². The van der Waals surface area contributed by atoms with Gasteiger partial charge in [0.25, 0.3) is 0 Å². The molecule has 0 N–H and O–H groups in total. The Balaban J connectivity index is 1.71. The van der Waals surface area contributed by atoms with E-state index in [4.69, 9.17) is 9.47 Å². The summed E-state index contributed by atoms with van der Waals surface area (Å²) in [5, 5.41) is 7.93. The summed E-state index contributed by atoms with van der Waals surface area (Å²) in [5.41, 5.74) is 0. The van der Waals surface area contributed by atoms with E-state index >= 15 is 0 Å². The summed E-state index contributed by atoms with van der Waals surface area (Å²) in [6, 6.07) is 50.1. The van der Waals surface area contributed by atoms with Gasteiger partial charge in [-0.1, -0.05) is 133 Å². The van der Waals surface area contributed by atoms with E-state index in [-0.39, 0.29) is 6.79 Å². The van der Waals surface area contributed by atoms with Crippen molar-refractivity contribution in [3.8, 4) is 5.75 Å². The van der Waals surface area contributed by atoms with Gasteiger partial charge in [0.2, 0.25) is 0 Å². The molecular formula is C33H30O2P2. The first kappa shape index (κ1) is 25.4. The second kappa shape index (κ2) is 12.8. The van der Waals surface area contributed by atoms with Gasteiger partial charge >= 0.3 is 0 Å². The van der Waals surface area contributed by atoms with Crippen molar-refractivity contribution in [2.75, 3.05) is 13.4 Å². The molecule has 0 radical (unpaired) electrons. The van der Waals surface area contributed by atoms with Crippen LogP contribution in [0.4, 0.5) is 0 Å². The lowest BCUT2D eigenvalue weighted by Gasteiger charge is -2.28. The summed E-state index contributed by atoms with van der Waals surface area (Å²) < 4.78 is 11.7. The zero-order valence-corrected chi connectivity index (χ0v) is 22.7. The third kappa shape index (κ3) is 6.00. The Kier molecular flexibility index (Phi) is 8.78. The molecule has 0 heterocycles. The lowest BCUT2D eigenvalue weighted by Crippen LogP contribution is -2.34. The molecule has 4 heteroatoms. The highest BCUT2D eigenvalue weighted by Gasteiger charge is 2.27. The Bertz CT molecular complexity index is 1350. The van der Waals surface area contributed by atoms with Crippen LogP contribution in [-0.2, 0) is 4.74 Å². The van der Waals surface area contributed by atoms with Gasteiger partial charge in [-0.05, 0) is 55.4 Å². The largest absolute Gasteiger partial charge is 0.467 e. The SMILES string of the molecule is CCOCOc1ccccc1P(c1ccccc1)c1ccccc1P(c1ccccc1)c1ccccc1. The lowest BCUT2D eigenvalue weighted by atomic mass is 10.3. The summed E-state index contributed by atoms with van der Waals surface area (Å²) in [4.78, 5) is 0. The molecule has 0 aliphatic carbocycles. The zero-order chi connectivity index (χ0) is 25.3. The summed E-state index contributed by atoms with van der Waals surface area (Å²) in [6.07, 6.45) is 0. The van der Waals surface area contributed by atoms with Gasteiger partial charge < -0.3 is 9.47 Å². The molecule has 0 aliphatic rings. The molecule has 5 aromatic carbocycles.